The molecule has 2 aliphatic rings. The van der Waals surface area contributed by atoms with Crippen LogP contribution in [0.1, 0.15) is 31.2 Å². The van der Waals surface area contributed by atoms with Crippen molar-refractivity contribution in [2.75, 3.05) is 26.7 Å². The average Bonchev–Trinajstić information content (AvgIpc) is 2.60. The fraction of sp³-hybridized carbons (Fsp3) is 0.579. The minimum atomic E-state index is -0.411. The highest BCUT2D eigenvalue weighted by atomic mass is 16.2. The van der Waals surface area contributed by atoms with Gasteiger partial charge in [-0.15, -0.1) is 0 Å². The Morgan fingerprint density at radius 3 is 2.67 bits per heavy atom. The minimum Gasteiger partial charge on any atom is -0.354 e. The summed E-state index contributed by atoms with van der Waals surface area (Å²) in [5.41, 5.74) is 0.774. The number of hydrogen-bond donors (Lipinski definition) is 2. The Morgan fingerprint density at radius 2 is 2.00 bits per heavy atom. The summed E-state index contributed by atoms with van der Waals surface area (Å²) in [6.07, 6.45) is 4.06. The first-order valence-electron chi connectivity index (χ1n) is 8.90. The van der Waals surface area contributed by atoms with Gasteiger partial charge in [0.25, 0.3) is 0 Å². The van der Waals surface area contributed by atoms with Crippen molar-refractivity contribution in [3.05, 3.63) is 35.9 Å². The Morgan fingerprint density at radius 1 is 1.29 bits per heavy atom. The Bertz CT molecular complexity index is 580. The summed E-state index contributed by atoms with van der Waals surface area (Å²) >= 11 is 0. The van der Waals surface area contributed by atoms with Gasteiger partial charge in [-0.05, 0) is 57.8 Å². The lowest BCUT2D eigenvalue weighted by Crippen LogP contribution is -2.56. The third-order valence-corrected chi connectivity index (χ3v) is 5.40. The summed E-state index contributed by atoms with van der Waals surface area (Å²) in [5.74, 6) is -0.00103. The van der Waals surface area contributed by atoms with Gasteiger partial charge in [0.05, 0.1) is 5.41 Å². The SMILES string of the molecule is CN1CCC(Cc2ccccc2)(C(=O)N[C@H]2CCCNC2=O)CC1. The molecule has 0 unspecified atom stereocenters. The summed E-state index contributed by atoms with van der Waals surface area (Å²) in [4.78, 5) is 27.4. The molecule has 24 heavy (non-hydrogen) atoms. The highest BCUT2D eigenvalue weighted by Gasteiger charge is 2.42. The maximum absolute atomic E-state index is 13.1. The van der Waals surface area contributed by atoms with Crippen LogP contribution in [-0.2, 0) is 16.0 Å². The summed E-state index contributed by atoms with van der Waals surface area (Å²) in [6, 6.07) is 9.83. The highest BCUT2D eigenvalue weighted by molar-refractivity contribution is 5.90. The fourth-order valence-electron chi connectivity index (χ4n) is 3.74. The van der Waals surface area contributed by atoms with Crippen LogP contribution in [0.5, 0.6) is 0 Å². The van der Waals surface area contributed by atoms with Gasteiger partial charge in [-0.3, -0.25) is 9.59 Å². The molecule has 2 fully saturated rings. The quantitative estimate of drug-likeness (QED) is 0.876. The van der Waals surface area contributed by atoms with Gasteiger partial charge in [0, 0.05) is 6.54 Å². The number of piperidine rings is 2. The Labute approximate surface area is 143 Å². The normalized spacial score (nSPS) is 24.2. The summed E-state index contributed by atoms with van der Waals surface area (Å²) in [6.45, 7) is 2.54. The standard InChI is InChI=1S/C19H27N3O2/c1-22-12-9-19(10-13-22,14-15-6-3-2-4-7-15)18(24)21-16-8-5-11-20-17(16)23/h2-4,6-7,16H,5,8-14H2,1H3,(H,20,23)(H,21,24)/t16-/m0/s1. The second-order valence-corrected chi connectivity index (χ2v) is 7.21. The van der Waals surface area contributed by atoms with Gasteiger partial charge >= 0.3 is 0 Å². The van der Waals surface area contributed by atoms with E-state index in [1.807, 2.05) is 18.2 Å². The number of hydrogen-bond acceptors (Lipinski definition) is 3. The second-order valence-electron chi connectivity index (χ2n) is 7.21. The molecule has 130 valence electrons. The summed E-state index contributed by atoms with van der Waals surface area (Å²) < 4.78 is 0. The lowest BCUT2D eigenvalue weighted by molar-refractivity contribution is -0.138. The largest absolute Gasteiger partial charge is 0.354 e. The van der Waals surface area contributed by atoms with E-state index < -0.39 is 5.41 Å². The molecule has 1 atom stereocenters. The first-order chi connectivity index (χ1) is 11.6. The van der Waals surface area contributed by atoms with Crippen LogP contribution in [0, 0.1) is 5.41 Å². The monoisotopic (exact) mass is 329 g/mol. The number of rotatable bonds is 4. The topological polar surface area (TPSA) is 61.4 Å². The van der Waals surface area contributed by atoms with Gasteiger partial charge in [-0.25, -0.2) is 0 Å². The van der Waals surface area contributed by atoms with Crippen LogP contribution in [0.25, 0.3) is 0 Å². The van der Waals surface area contributed by atoms with Crippen LogP contribution >= 0.6 is 0 Å². The number of carbonyl (C=O) groups is 2. The van der Waals surface area contributed by atoms with Crippen molar-refractivity contribution in [1.29, 1.82) is 0 Å². The van der Waals surface area contributed by atoms with Gasteiger partial charge in [0.2, 0.25) is 11.8 Å². The molecule has 2 saturated heterocycles. The summed E-state index contributed by atoms with van der Waals surface area (Å²) in [5, 5.41) is 5.89. The molecule has 5 nitrogen and oxygen atoms in total. The number of amides is 2. The number of nitrogens with one attached hydrogen (secondary N) is 2. The minimum absolute atomic E-state index is 0.0431. The summed E-state index contributed by atoms with van der Waals surface area (Å²) in [7, 11) is 2.10. The van der Waals surface area contributed by atoms with Crippen molar-refractivity contribution in [3.8, 4) is 0 Å². The van der Waals surface area contributed by atoms with Crippen LogP contribution in [0.4, 0.5) is 0 Å². The van der Waals surface area contributed by atoms with Crippen molar-refractivity contribution in [2.45, 2.75) is 38.1 Å². The van der Waals surface area contributed by atoms with E-state index in [0.29, 0.717) is 6.54 Å². The molecule has 0 spiro atoms. The molecule has 0 bridgehead atoms. The molecule has 2 amide bonds. The van der Waals surface area contributed by atoms with Gasteiger partial charge in [-0.2, -0.15) is 0 Å². The smallest absolute Gasteiger partial charge is 0.242 e. The first kappa shape index (κ1) is 17.0. The molecule has 2 N–H and O–H groups in total. The molecular formula is C19H27N3O2. The van der Waals surface area contributed by atoms with E-state index in [2.05, 4.69) is 34.7 Å². The molecular weight excluding hydrogens is 302 g/mol. The molecule has 0 saturated carbocycles. The lowest BCUT2D eigenvalue weighted by Gasteiger charge is -2.40. The molecule has 1 aromatic carbocycles. The van der Waals surface area contributed by atoms with E-state index in [1.54, 1.807) is 0 Å². The highest BCUT2D eigenvalue weighted by Crippen LogP contribution is 2.35. The van der Waals surface area contributed by atoms with Crippen molar-refractivity contribution in [2.24, 2.45) is 5.41 Å². The third-order valence-electron chi connectivity index (χ3n) is 5.40. The molecule has 0 aromatic heterocycles. The molecule has 1 aromatic rings. The predicted octanol–water partition coefficient (Wildman–Crippen LogP) is 1.34. The van der Waals surface area contributed by atoms with E-state index >= 15 is 0 Å². The maximum atomic E-state index is 13.1. The zero-order chi connectivity index (χ0) is 17.0. The van der Waals surface area contributed by atoms with Crippen LogP contribution in [0.2, 0.25) is 0 Å². The number of benzene rings is 1. The van der Waals surface area contributed by atoms with Crippen molar-refractivity contribution >= 4 is 11.8 Å². The van der Waals surface area contributed by atoms with E-state index in [0.717, 1.165) is 45.2 Å². The fourth-order valence-corrected chi connectivity index (χ4v) is 3.74. The molecule has 0 radical (unpaired) electrons. The van der Waals surface area contributed by atoms with Gasteiger partial charge in [-0.1, -0.05) is 30.3 Å². The van der Waals surface area contributed by atoms with Crippen LogP contribution in [0.3, 0.4) is 0 Å². The number of carbonyl (C=O) groups excluding carboxylic acids is 2. The van der Waals surface area contributed by atoms with Crippen LogP contribution in [-0.4, -0.2) is 49.4 Å². The molecule has 2 heterocycles. The van der Waals surface area contributed by atoms with Gasteiger partial charge < -0.3 is 15.5 Å². The van der Waals surface area contributed by atoms with E-state index in [1.165, 1.54) is 5.56 Å². The van der Waals surface area contributed by atoms with Crippen molar-refractivity contribution in [3.63, 3.8) is 0 Å². The van der Waals surface area contributed by atoms with Crippen LogP contribution < -0.4 is 10.6 Å². The maximum Gasteiger partial charge on any atom is 0.242 e. The molecule has 2 aliphatic heterocycles. The molecule has 0 aliphatic carbocycles. The molecule has 5 heteroatoms. The van der Waals surface area contributed by atoms with Crippen molar-refractivity contribution < 1.29 is 9.59 Å². The van der Waals surface area contributed by atoms with Gasteiger partial charge in [0.1, 0.15) is 6.04 Å². The number of nitrogens with zero attached hydrogens (tertiary/aromatic N) is 1. The van der Waals surface area contributed by atoms with Crippen molar-refractivity contribution in [1.82, 2.24) is 15.5 Å². The van der Waals surface area contributed by atoms with E-state index in [9.17, 15) is 9.59 Å². The second kappa shape index (κ2) is 7.34. The molecule has 3 rings (SSSR count). The predicted molar refractivity (Wildman–Crippen MR) is 93.5 cm³/mol. The Hall–Kier alpha value is -1.88. The van der Waals surface area contributed by atoms with Crippen LogP contribution in [0.15, 0.2) is 30.3 Å². The van der Waals surface area contributed by atoms with Gasteiger partial charge in [0.15, 0.2) is 0 Å². The average molecular weight is 329 g/mol. The Kier molecular flexibility index (Phi) is 5.19. The van der Waals surface area contributed by atoms with E-state index in [-0.39, 0.29) is 17.9 Å². The first-order valence-corrected chi connectivity index (χ1v) is 8.90. The Balaban J connectivity index is 1.76. The van der Waals surface area contributed by atoms with E-state index in [4.69, 9.17) is 0 Å². The zero-order valence-corrected chi connectivity index (χ0v) is 14.4. The lowest BCUT2D eigenvalue weighted by atomic mass is 9.72. The zero-order valence-electron chi connectivity index (χ0n) is 14.4. The number of likely N-dealkylation sites (tertiary alicyclic amines) is 1. The third kappa shape index (κ3) is 3.78.